The van der Waals surface area contributed by atoms with Crippen LogP contribution in [0.25, 0.3) is 0 Å². The Labute approximate surface area is 142 Å². The molecule has 0 aliphatic heterocycles. The number of nitrogens with one attached hydrogen (secondary N) is 1. The van der Waals surface area contributed by atoms with Crippen LogP contribution in [-0.2, 0) is 0 Å². The van der Waals surface area contributed by atoms with E-state index in [2.05, 4.69) is 71.3 Å². The van der Waals surface area contributed by atoms with Crippen LogP contribution >= 0.6 is 57.6 Å². The van der Waals surface area contributed by atoms with E-state index in [0.29, 0.717) is 6.54 Å². The Morgan fingerprint density at radius 1 is 1.28 bits per heavy atom. The van der Waals surface area contributed by atoms with Gasteiger partial charge in [-0.3, -0.25) is 0 Å². The molecule has 0 radical (unpaired) electrons. The highest BCUT2D eigenvalue weighted by molar-refractivity contribution is 14.1. The Balaban J connectivity index is 0.00000289. The van der Waals surface area contributed by atoms with Gasteiger partial charge in [-0.2, -0.15) is 0 Å². The highest BCUT2D eigenvalue weighted by atomic mass is 127. The SMILES string of the molecule is CC(C)(C)NCC(O)c1cc(I)c(N)c(I)c1.Cl. The standard InChI is InChI=1S/C12H18I2N2O.ClH/c1-12(2,3)16-6-10(17)7-4-8(13)11(15)9(14)5-7;/h4-5,10,16-17H,6,15H2,1-3H3;1H. The molecule has 0 aromatic heterocycles. The molecule has 0 aliphatic rings. The van der Waals surface area contributed by atoms with Crippen LogP contribution in [0.1, 0.15) is 32.4 Å². The van der Waals surface area contributed by atoms with Crippen molar-refractivity contribution in [1.82, 2.24) is 5.32 Å². The second-order valence-electron chi connectivity index (χ2n) is 5.04. The average molecular weight is 497 g/mol. The summed E-state index contributed by atoms with van der Waals surface area (Å²) in [6, 6.07) is 3.88. The molecule has 1 aromatic carbocycles. The summed E-state index contributed by atoms with van der Waals surface area (Å²) in [7, 11) is 0. The van der Waals surface area contributed by atoms with Crippen molar-refractivity contribution < 1.29 is 5.11 Å². The number of nitrogens with two attached hydrogens (primary N) is 1. The van der Waals surface area contributed by atoms with Crippen LogP contribution in [-0.4, -0.2) is 17.2 Å². The van der Waals surface area contributed by atoms with Crippen molar-refractivity contribution in [2.45, 2.75) is 32.4 Å². The number of aliphatic hydroxyl groups excluding tert-OH is 1. The lowest BCUT2D eigenvalue weighted by Crippen LogP contribution is -2.38. The first-order chi connectivity index (χ1) is 7.70. The normalized spacial score (nSPS) is 13.0. The molecule has 0 amide bonds. The smallest absolute Gasteiger partial charge is 0.0915 e. The summed E-state index contributed by atoms with van der Waals surface area (Å²) in [6.45, 7) is 6.78. The van der Waals surface area contributed by atoms with Crippen LogP contribution in [0.2, 0.25) is 0 Å². The number of halogens is 3. The molecule has 0 saturated carbocycles. The number of benzene rings is 1. The van der Waals surface area contributed by atoms with E-state index in [9.17, 15) is 5.11 Å². The Kier molecular flexibility index (Phi) is 7.75. The van der Waals surface area contributed by atoms with Crippen LogP contribution in [0, 0.1) is 7.14 Å². The van der Waals surface area contributed by atoms with E-state index in [1.807, 2.05) is 12.1 Å². The lowest BCUT2D eigenvalue weighted by molar-refractivity contribution is 0.163. The van der Waals surface area contributed by atoms with E-state index in [1.54, 1.807) is 0 Å². The molecule has 0 bridgehead atoms. The van der Waals surface area contributed by atoms with E-state index in [0.717, 1.165) is 18.4 Å². The van der Waals surface area contributed by atoms with Gasteiger partial charge in [-0.05, 0) is 83.6 Å². The zero-order valence-electron chi connectivity index (χ0n) is 10.6. The number of aliphatic hydroxyl groups is 1. The first-order valence-electron chi connectivity index (χ1n) is 5.38. The minimum absolute atomic E-state index is 0. The minimum Gasteiger partial charge on any atom is -0.397 e. The van der Waals surface area contributed by atoms with Crippen molar-refractivity contribution in [3.8, 4) is 0 Å². The molecular formula is C12H19ClI2N2O. The van der Waals surface area contributed by atoms with Crippen molar-refractivity contribution in [2.75, 3.05) is 12.3 Å². The van der Waals surface area contributed by atoms with Gasteiger partial charge in [0.05, 0.1) is 11.8 Å². The lowest BCUT2D eigenvalue weighted by Gasteiger charge is -2.23. The Bertz CT molecular complexity index is 385. The molecule has 0 fully saturated rings. The van der Waals surface area contributed by atoms with Gasteiger partial charge in [-0.15, -0.1) is 12.4 Å². The molecule has 1 aromatic rings. The molecule has 1 unspecified atom stereocenters. The van der Waals surface area contributed by atoms with Gasteiger partial charge in [0.1, 0.15) is 0 Å². The van der Waals surface area contributed by atoms with Crippen LogP contribution < -0.4 is 11.1 Å². The van der Waals surface area contributed by atoms with Crippen molar-refractivity contribution >= 4 is 63.3 Å². The summed E-state index contributed by atoms with van der Waals surface area (Å²) in [4.78, 5) is 0. The lowest BCUT2D eigenvalue weighted by atomic mass is 10.1. The fourth-order valence-electron chi connectivity index (χ4n) is 1.32. The Morgan fingerprint density at radius 3 is 2.11 bits per heavy atom. The van der Waals surface area contributed by atoms with Crippen LogP contribution in [0.4, 0.5) is 5.69 Å². The molecule has 1 rings (SSSR count). The minimum atomic E-state index is -0.503. The summed E-state index contributed by atoms with van der Waals surface area (Å²) in [5, 5.41) is 13.4. The number of rotatable bonds is 3. The molecule has 0 heterocycles. The number of anilines is 1. The third-order valence-electron chi connectivity index (χ3n) is 2.31. The number of hydrogen-bond donors (Lipinski definition) is 3. The van der Waals surface area contributed by atoms with Gasteiger partial charge in [0.2, 0.25) is 0 Å². The van der Waals surface area contributed by atoms with Gasteiger partial charge in [0.25, 0.3) is 0 Å². The predicted molar refractivity (Wildman–Crippen MR) is 96.3 cm³/mol. The maximum atomic E-state index is 10.1. The van der Waals surface area contributed by atoms with Crippen molar-refractivity contribution in [2.24, 2.45) is 0 Å². The maximum absolute atomic E-state index is 10.1. The number of β-amino-alcohol motifs (C(OH)–C–C–N with tert-alkyl or cyclic N) is 1. The number of hydrogen-bond acceptors (Lipinski definition) is 3. The first kappa shape index (κ1) is 18.7. The molecule has 0 aliphatic carbocycles. The maximum Gasteiger partial charge on any atom is 0.0915 e. The van der Waals surface area contributed by atoms with E-state index in [1.165, 1.54) is 0 Å². The van der Waals surface area contributed by atoms with E-state index >= 15 is 0 Å². The molecule has 18 heavy (non-hydrogen) atoms. The fraction of sp³-hybridized carbons (Fsp3) is 0.500. The average Bonchev–Trinajstić information content (AvgIpc) is 2.20. The second kappa shape index (κ2) is 7.47. The summed E-state index contributed by atoms with van der Waals surface area (Å²) >= 11 is 4.38. The number of nitrogen functional groups attached to an aromatic ring is 1. The zero-order chi connectivity index (χ0) is 13.2. The summed E-state index contributed by atoms with van der Waals surface area (Å²) in [6.07, 6.45) is -0.503. The van der Waals surface area contributed by atoms with E-state index in [-0.39, 0.29) is 17.9 Å². The predicted octanol–water partition coefficient (Wildman–Crippen LogP) is 3.32. The largest absolute Gasteiger partial charge is 0.397 e. The van der Waals surface area contributed by atoms with Gasteiger partial charge in [-0.25, -0.2) is 0 Å². The fourth-order valence-corrected chi connectivity index (χ4v) is 3.13. The molecule has 104 valence electrons. The van der Waals surface area contributed by atoms with Crippen LogP contribution in [0.3, 0.4) is 0 Å². The van der Waals surface area contributed by atoms with E-state index < -0.39 is 6.10 Å². The third kappa shape index (κ3) is 5.77. The molecule has 0 spiro atoms. The molecule has 3 nitrogen and oxygen atoms in total. The van der Waals surface area contributed by atoms with Gasteiger partial charge < -0.3 is 16.2 Å². The van der Waals surface area contributed by atoms with Gasteiger partial charge in [0, 0.05) is 19.2 Å². The van der Waals surface area contributed by atoms with Crippen LogP contribution in [0.5, 0.6) is 0 Å². The van der Waals surface area contributed by atoms with Gasteiger partial charge in [-0.1, -0.05) is 0 Å². The third-order valence-corrected chi connectivity index (χ3v) is 4.10. The summed E-state index contributed by atoms with van der Waals surface area (Å²) in [5.74, 6) is 0. The summed E-state index contributed by atoms with van der Waals surface area (Å²) in [5.41, 5.74) is 7.58. The monoisotopic (exact) mass is 496 g/mol. The van der Waals surface area contributed by atoms with Crippen LogP contribution in [0.15, 0.2) is 12.1 Å². The van der Waals surface area contributed by atoms with Gasteiger partial charge >= 0.3 is 0 Å². The quantitative estimate of drug-likeness (QED) is 0.445. The molecule has 6 heteroatoms. The first-order valence-corrected chi connectivity index (χ1v) is 7.54. The van der Waals surface area contributed by atoms with E-state index in [4.69, 9.17) is 5.73 Å². The van der Waals surface area contributed by atoms with Crippen molar-refractivity contribution in [3.63, 3.8) is 0 Å². The second-order valence-corrected chi connectivity index (χ2v) is 7.37. The van der Waals surface area contributed by atoms with Gasteiger partial charge in [0.15, 0.2) is 0 Å². The Morgan fingerprint density at radius 2 is 1.72 bits per heavy atom. The van der Waals surface area contributed by atoms with Crippen molar-refractivity contribution in [3.05, 3.63) is 24.8 Å². The molecule has 4 N–H and O–H groups in total. The van der Waals surface area contributed by atoms with Crippen molar-refractivity contribution in [1.29, 1.82) is 0 Å². The Hall–Kier alpha value is 0.690. The molecule has 1 atom stereocenters. The highest BCUT2D eigenvalue weighted by Crippen LogP contribution is 2.26. The summed E-state index contributed by atoms with van der Waals surface area (Å²) < 4.78 is 1.97. The molecular weight excluding hydrogens is 477 g/mol. The zero-order valence-corrected chi connectivity index (χ0v) is 15.8. The highest BCUT2D eigenvalue weighted by Gasteiger charge is 2.15. The molecule has 0 saturated heterocycles. The topological polar surface area (TPSA) is 58.3 Å².